The molecule has 3 rings (SSSR count). The van der Waals surface area contributed by atoms with Crippen LogP contribution in [0.3, 0.4) is 0 Å². The van der Waals surface area contributed by atoms with Crippen molar-refractivity contribution in [3.05, 3.63) is 70.7 Å². The largest absolute Gasteiger partial charge is 0.451 e. The molecule has 8 nitrogen and oxygen atoms in total. The van der Waals surface area contributed by atoms with E-state index in [1.165, 1.54) is 6.92 Å². The van der Waals surface area contributed by atoms with Gasteiger partial charge in [0.2, 0.25) is 5.89 Å². The van der Waals surface area contributed by atoms with Crippen LogP contribution < -0.4 is 11.1 Å². The number of alkyl halides is 3. The molecule has 0 spiro atoms. The molecule has 1 amide bonds. The lowest BCUT2D eigenvalue weighted by molar-refractivity contribution is -0.154. The summed E-state index contributed by atoms with van der Waals surface area (Å²) in [6.07, 6.45) is -5.77. The van der Waals surface area contributed by atoms with Crippen molar-refractivity contribution in [1.29, 1.82) is 0 Å². The molecule has 1 heterocycles. The summed E-state index contributed by atoms with van der Waals surface area (Å²) in [4.78, 5) is 36.1. The lowest BCUT2D eigenvalue weighted by atomic mass is 10.2. The van der Waals surface area contributed by atoms with Crippen LogP contribution in [0.5, 0.6) is 0 Å². The number of hydrogen-bond acceptors (Lipinski definition) is 6. The molecule has 2 aromatic carbocycles. The summed E-state index contributed by atoms with van der Waals surface area (Å²) < 4.78 is 48.4. The van der Waals surface area contributed by atoms with E-state index >= 15 is 0 Å². The second-order valence-corrected chi connectivity index (χ2v) is 6.39. The number of benzene rings is 2. The van der Waals surface area contributed by atoms with Gasteiger partial charge >= 0.3 is 17.9 Å². The van der Waals surface area contributed by atoms with Crippen molar-refractivity contribution >= 4 is 17.6 Å². The normalized spacial score (nSPS) is 12.3. The van der Waals surface area contributed by atoms with Crippen LogP contribution in [0.15, 0.2) is 63.8 Å². The number of anilines is 1. The fourth-order valence-corrected chi connectivity index (χ4v) is 2.50. The zero-order valence-corrected chi connectivity index (χ0v) is 16.1. The van der Waals surface area contributed by atoms with Gasteiger partial charge in [0.15, 0.2) is 6.10 Å². The second kappa shape index (κ2) is 8.86. The first-order chi connectivity index (χ1) is 14.6. The Morgan fingerprint density at radius 3 is 2.39 bits per heavy atom. The number of nitrogens with one attached hydrogen (secondary N) is 1. The SMILES string of the molecule is C[C@@H](OC(=O)Cn1nc(-c2ccccc2)oc1=O)C(=O)Nc1ccc(C(F)(F)F)cc1. The van der Waals surface area contributed by atoms with Gasteiger partial charge in [0.05, 0.1) is 5.56 Å². The molecular formula is C20H16F3N3O5. The van der Waals surface area contributed by atoms with E-state index < -0.39 is 42.0 Å². The Morgan fingerprint density at radius 2 is 1.77 bits per heavy atom. The molecule has 0 aliphatic rings. The third-order valence-electron chi connectivity index (χ3n) is 4.06. The van der Waals surface area contributed by atoms with Gasteiger partial charge in [-0.05, 0) is 43.3 Å². The lowest BCUT2D eigenvalue weighted by Gasteiger charge is -2.14. The van der Waals surface area contributed by atoms with Crippen LogP contribution in [-0.4, -0.2) is 27.8 Å². The van der Waals surface area contributed by atoms with Crippen molar-refractivity contribution in [2.75, 3.05) is 5.32 Å². The molecule has 162 valence electrons. The van der Waals surface area contributed by atoms with E-state index in [-0.39, 0.29) is 11.6 Å². The van der Waals surface area contributed by atoms with Gasteiger partial charge in [0, 0.05) is 11.3 Å². The van der Waals surface area contributed by atoms with E-state index in [4.69, 9.17) is 9.15 Å². The summed E-state index contributed by atoms with van der Waals surface area (Å²) in [5, 5.41) is 6.25. The number of hydrogen-bond donors (Lipinski definition) is 1. The predicted octanol–water partition coefficient (Wildman–Crippen LogP) is 3.09. The van der Waals surface area contributed by atoms with Crippen molar-refractivity contribution in [2.24, 2.45) is 0 Å². The number of ether oxygens (including phenoxy) is 1. The van der Waals surface area contributed by atoms with Crippen LogP contribution >= 0.6 is 0 Å². The Kier molecular flexibility index (Phi) is 6.23. The molecule has 31 heavy (non-hydrogen) atoms. The van der Waals surface area contributed by atoms with Gasteiger partial charge in [-0.3, -0.25) is 9.59 Å². The first kappa shape index (κ1) is 21.8. The summed E-state index contributed by atoms with van der Waals surface area (Å²) in [5.74, 6) is -2.54. The molecule has 1 N–H and O–H groups in total. The van der Waals surface area contributed by atoms with E-state index in [0.717, 1.165) is 28.9 Å². The van der Waals surface area contributed by atoms with E-state index in [1.54, 1.807) is 30.3 Å². The average molecular weight is 435 g/mol. The molecule has 3 aromatic rings. The van der Waals surface area contributed by atoms with E-state index in [2.05, 4.69) is 10.4 Å². The monoisotopic (exact) mass is 435 g/mol. The lowest BCUT2D eigenvalue weighted by Crippen LogP contribution is -2.32. The Labute approximate surface area is 173 Å². The molecule has 0 aliphatic carbocycles. The number of amides is 1. The molecule has 0 saturated carbocycles. The molecule has 1 atom stereocenters. The van der Waals surface area contributed by atoms with Crippen LogP contribution in [0, 0.1) is 0 Å². The number of halogens is 3. The molecule has 0 unspecified atom stereocenters. The van der Waals surface area contributed by atoms with Gasteiger partial charge in [-0.2, -0.15) is 17.9 Å². The first-order valence-electron chi connectivity index (χ1n) is 8.94. The number of rotatable bonds is 6. The van der Waals surface area contributed by atoms with Gasteiger partial charge in [-0.15, -0.1) is 5.10 Å². The molecule has 0 aliphatic heterocycles. The summed E-state index contributed by atoms with van der Waals surface area (Å²) >= 11 is 0. The minimum atomic E-state index is -4.50. The maximum atomic E-state index is 12.6. The standard InChI is InChI=1S/C20H16F3N3O5/c1-12(17(28)24-15-9-7-14(8-10-15)20(21,22)23)30-16(27)11-26-19(29)31-18(25-26)13-5-3-2-4-6-13/h2-10,12H,11H2,1H3,(H,24,28)/t12-/m1/s1. The predicted molar refractivity (Wildman–Crippen MR) is 102 cm³/mol. The maximum absolute atomic E-state index is 12.6. The molecule has 0 bridgehead atoms. The minimum absolute atomic E-state index is 0.0199. The molecule has 0 fully saturated rings. The zero-order valence-electron chi connectivity index (χ0n) is 16.1. The molecule has 11 heteroatoms. The smallest absolute Gasteiger partial charge is 0.437 e. The highest BCUT2D eigenvalue weighted by molar-refractivity contribution is 5.95. The Balaban J connectivity index is 1.57. The number of nitrogens with zero attached hydrogens (tertiary/aromatic N) is 2. The van der Waals surface area contributed by atoms with Crippen LogP contribution in [0.25, 0.3) is 11.5 Å². The first-order valence-corrected chi connectivity index (χ1v) is 8.94. The zero-order chi connectivity index (χ0) is 22.6. The van der Waals surface area contributed by atoms with Crippen LogP contribution in [0.2, 0.25) is 0 Å². The highest BCUT2D eigenvalue weighted by Crippen LogP contribution is 2.29. The summed E-state index contributed by atoms with van der Waals surface area (Å²) in [7, 11) is 0. The van der Waals surface area contributed by atoms with Crippen LogP contribution in [0.4, 0.5) is 18.9 Å². The molecule has 0 radical (unpaired) electrons. The fourth-order valence-electron chi connectivity index (χ4n) is 2.50. The summed E-state index contributed by atoms with van der Waals surface area (Å²) in [5.41, 5.74) is -0.227. The van der Waals surface area contributed by atoms with Gasteiger partial charge in [-0.1, -0.05) is 18.2 Å². The average Bonchev–Trinajstić information content (AvgIpc) is 3.08. The van der Waals surface area contributed by atoms with Crippen molar-refractivity contribution in [3.8, 4) is 11.5 Å². The van der Waals surface area contributed by atoms with Crippen LogP contribution in [0.1, 0.15) is 12.5 Å². The summed E-state index contributed by atoms with van der Waals surface area (Å²) in [6.45, 7) is 0.686. The van der Waals surface area contributed by atoms with E-state index in [9.17, 15) is 27.6 Å². The van der Waals surface area contributed by atoms with Gasteiger partial charge < -0.3 is 14.5 Å². The highest BCUT2D eigenvalue weighted by Gasteiger charge is 2.30. The minimum Gasteiger partial charge on any atom is -0.451 e. The quantitative estimate of drug-likeness (QED) is 0.597. The number of aromatic nitrogens is 2. The third-order valence-corrected chi connectivity index (χ3v) is 4.06. The Hall–Kier alpha value is -3.89. The number of carbonyl (C=O) groups is 2. The van der Waals surface area contributed by atoms with Gasteiger partial charge in [0.1, 0.15) is 6.54 Å². The fraction of sp³-hybridized carbons (Fsp3) is 0.200. The van der Waals surface area contributed by atoms with E-state index in [0.29, 0.717) is 5.56 Å². The Morgan fingerprint density at radius 1 is 1.13 bits per heavy atom. The van der Waals surface area contributed by atoms with Crippen molar-refractivity contribution in [1.82, 2.24) is 9.78 Å². The molecular weight excluding hydrogens is 419 g/mol. The number of carbonyl (C=O) groups excluding carboxylic acids is 2. The summed E-state index contributed by atoms with van der Waals surface area (Å²) in [6, 6.07) is 12.3. The Bertz CT molecular complexity index is 1120. The van der Waals surface area contributed by atoms with Crippen LogP contribution in [-0.2, 0) is 27.0 Å². The van der Waals surface area contributed by atoms with Crippen molar-refractivity contribution in [3.63, 3.8) is 0 Å². The molecule has 0 saturated heterocycles. The third kappa shape index (κ3) is 5.59. The van der Waals surface area contributed by atoms with Gasteiger partial charge in [0.25, 0.3) is 5.91 Å². The maximum Gasteiger partial charge on any atom is 0.437 e. The van der Waals surface area contributed by atoms with Crippen molar-refractivity contribution in [2.45, 2.75) is 25.7 Å². The highest BCUT2D eigenvalue weighted by atomic mass is 19.4. The number of esters is 1. The van der Waals surface area contributed by atoms with Crippen molar-refractivity contribution < 1.29 is 31.9 Å². The second-order valence-electron chi connectivity index (χ2n) is 6.39. The molecule has 1 aromatic heterocycles. The topological polar surface area (TPSA) is 103 Å². The van der Waals surface area contributed by atoms with E-state index in [1.807, 2.05) is 0 Å². The van der Waals surface area contributed by atoms with Gasteiger partial charge in [-0.25, -0.2) is 4.79 Å².